The van der Waals surface area contributed by atoms with Crippen molar-refractivity contribution in [1.82, 2.24) is 15.3 Å². The largest absolute Gasteiger partial charge is 0.497 e. The van der Waals surface area contributed by atoms with E-state index in [9.17, 15) is 9.59 Å². The highest BCUT2D eigenvalue weighted by molar-refractivity contribution is 7.99. The predicted octanol–water partition coefficient (Wildman–Crippen LogP) is 2.01. The standard InChI is InChI=1S/C17H21N3O5S/c1-4-25-16(22)13-9-19-17(20-13)26-10-15(21)18-8-11-5-6-12(23-2)7-14(11)24-3/h5-7,9H,4,8,10H2,1-3H3,(H,18,21)(H,19,20). The highest BCUT2D eigenvalue weighted by Crippen LogP contribution is 2.24. The van der Waals surface area contributed by atoms with Gasteiger partial charge in [0, 0.05) is 24.4 Å². The first kappa shape index (κ1) is 19.6. The lowest BCUT2D eigenvalue weighted by atomic mass is 10.2. The van der Waals surface area contributed by atoms with E-state index >= 15 is 0 Å². The zero-order chi connectivity index (χ0) is 18.9. The SMILES string of the molecule is CCOC(=O)c1c[nH]c(SCC(=O)NCc2ccc(OC)cc2OC)n1. The van der Waals surface area contributed by atoms with Crippen LogP contribution in [-0.4, -0.2) is 48.4 Å². The summed E-state index contributed by atoms with van der Waals surface area (Å²) >= 11 is 1.20. The number of carbonyl (C=O) groups excluding carboxylic acids is 2. The molecule has 1 aromatic heterocycles. The minimum Gasteiger partial charge on any atom is -0.497 e. The Bertz CT molecular complexity index is 763. The van der Waals surface area contributed by atoms with Gasteiger partial charge in [-0.2, -0.15) is 0 Å². The molecular weight excluding hydrogens is 358 g/mol. The van der Waals surface area contributed by atoms with Crippen LogP contribution in [0.5, 0.6) is 11.5 Å². The Morgan fingerprint density at radius 3 is 2.77 bits per heavy atom. The predicted molar refractivity (Wildman–Crippen MR) is 96.7 cm³/mol. The summed E-state index contributed by atoms with van der Waals surface area (Å²) in [6.45, 7) is 2.34. The van der Waals surface area contributed by atoms with Crippen molar-refractivity contribution >= 4 is 23.6 Å². The van der Waals surface area contributed by atoms with Crippen molar-refractivity contribution in [2.24, 2.45) is 0 Å². The van der Waals surface area contributed by atoms with Crippen LogP contribution in [0.15, 0.2) is 29.6 Å². The summed E-state index contributed by atoms with van der Waals surface area (Å²) in [7, 11) is 3.14. The lowest BCUT2D eigenvalue weighted by Crippen LogP contribution is -2.24. The van der Waals surface area contributed by atoms with Crippen LogP contribution >= 0.6 is 11.8 Å². The van der Waals surface area contributed by atoms with Gasteiger partial charge in [-0.15, -0.1) is 0 Å². The fourth-order valence-corrected chi connectivity index (χ4v) is 2.74. The highest BCUT2D eigenvalue weighted by atomic mass is 32.2. The first-order valence-electron chi connectivity index (χ1n) is 7.90. The van der Waals surface area contributed by atoms with Crippen molar-refractivity contribution in [1.29, 1.82) is 0 Å². The van der Waals surface area contributed by atoms with E-state index < -0.39 is 5.97 Å². The molecule has 0 aliphatic rings. The number of ether oxygens (including phenoxy) is 3. The van der Waals surface area contributed by atoms with Gasteiger partial charge in [0.2, 0.25) is 5.91 Å². The Morgan fingerprint density at radius 2 is 2.08 bits per heavy atom. The third-order valence-electron chi connectivity index (χ3n) is 3.35. The normalized spacial score (nSPS) is 10.3. The van der Waals surface area contributed by atoms with Gasteiger partial charge in [-0.05, 0) is 19.1 Å². The van der Waals surface area contributed by atoms with E-state index in [-0.39, 0.29) is 24.0 Å². The van der Waals surface area contributed by atoms with E-state index in [2.05, 4.69) is 15.3 Å². The molecule has 0 saturated heterocycles. The molecule has 0 unspecified atom stereocenters. The third-order valence-corrected chi connectivity index (χ3v) is 4.24. The molecule has 0 fully saturated rings. The number of methoxy groups -OCH3 is 2. The molecule has 1 aromatic carbocycles. The second-order valence-corrected chi connectivity index (χ2v) is 6.02. The lowest BCUT2D eigenvalue weighted by Gasteiger charge is -2.11. The quantitative estimate of drug-likeness (QED) is 0.507. The number of rotatable bonds is 9. The maximum Gasteiger partial charge on any atom is 0.358 e. The molecule has 2 rings (SSSR count). The highest BCUT2D eigenvalue weighted by Gasteiger charge is 2.13. The van der Waals surface area contributed by atoms with Gasteiger partial charge < -0.3 is 24.5 Å². The van der Waals surface area contributed by atoms with Crippen LogP contribution in [0.25, 0.3) is 0 Å². The molecule has 140 valence electrons. The number of hydrogen-bond acceptors (Lipinski definition) is 7. The average Bonchev–Trinajstić information content (AvgIpc) is 3.14. The maximum absolute atomic E-state index is 12.0. The number of nitrogens with one attached hydrogen (secondary N) is 2. The van der Waals surface area contributed by atoms with E-state index in [1.54, 1.807) is 33.3 Å². The number of benzene rings is 1. The number of aromatic nitrogens is 2. The molecule has 0 bridgehead atoms. The van der Waals surface area contributed by atoms with E-state index in [0.717, 1.165) is 5.56 Å². The average molecular weight is 379 g/mol. The van der Waals surface area contributed by atoms with Crippen LogP contribution in [0, 0.1) is 0 Å². The van der Waals surface area contributed by atoms with Gasteiger partial charge in [-0.25, -0.2) is 9.78 Å². The summed E-state index contributed by atoms with van der Waals surface area (Å²) in [6, 6.07) is 5.40. The van der Waals surface area contributed by atoms with Crippen molar-refractivity contribution in [3.05, 3.63) is 35.7 Å². The molecule has 26 heavy (non-hydrogen) atoms. The van der Waals surface area contributed by atoms with Crippen LogP contribution in [-0.2, 0) is 16.1 Å². The van der Waals surface area contributed by atoms with E-state index in [0.29, 0.717) is 23.2 Å². The molecule has 0 aliphatic carbocycles. The zero-order valence-corrected chi connectivity index (χ0v) is 15.6. The van der Waals surface area contributed by atoms with Crippen LogP contribution in [0.2, 0.25) is 0 Å². The van der Waals surface area contributed by atoms with Crippen molar-refractivity contribution in [3.63, 3.8) is 0 Å². The summed E-state index contributed by atoms with van der Waals surface area (Å²) in [5.74, 6) is 0.826. The molecule has 1 heterocycles. The number of carbonyl (C=O) groups is 2. The minimum absolute atomic E-state index is 0.161. The molecule has 0 spiro atoms. The number of nitrogens with zero attached hydrogens (tertiary/aromatic N) is 1. The number of hydrogen-bond donors (Lipinski definition) is 2. The van der Waals surface area contributed by atoms with Gasteiger partial charge in [-0.1, -0.05) is 11.8 Å². The molecule has 2 aromatic rings. The molecule has 9 heteroatoms. The topological polar surface area (TPSA) is 103 Å². The van der Waals surface area contributed by atoms with Crippen molar-refractivity contribution in [2.75, 3.05) is 26.6 Å². The number of amides is 1. The van der Waals surface area contributed by atoms with Gasteiger partial charge in [0.05, 0.1) is 26.6 Å². The van der Waals surface area contributed by atoms with Crippen LogP contribution in [0.4, 0.5) is 0 Å². The molecule has 8 nitrogen and oxygen atoms in total. The van der Waals surface area contributed by atoms with Crippen molar-refractivity contribution in [2.45, 2.75) is 18.6 Å². The summed E-state index contributed by atoms with van der Waals surface area (Å²) in [5.41, 5.74) is 1.03. The molecular formula is C17H21N3O5S. The zero-order valence-electron chi connectivity index (χ0n) is 14.8. The number of imidazole rings is 1. The summed E-state index contributed by atoms with van der Waals surface area (Å²) in [6.07, 6.45) is 1.46. The fourth-order valence-electron chi connectivity index (χ4n) is 2.06. The molecule has 1 amide bonds. The maximum atomic E-state index is 12.0. The van der Waals surface area contributed by atoms with Gasteiger partial charge in [0.1, 0.15) is 11.5 Å². The smallest absolute Gasteiger partial charge is 0.358 e. The first-order valence-corrected chi connectivity index (χ1v) is 8.88. The first-order chi connectivity index (χ1) is 12.6. The Morgan fingerprint density at radius 1 is 1.27 bits per heavy atom. The molecule has 0 radical (unpaired) electrons. The van der Waals surface area contributed by atoms with E-state index in [4.69, 9.17) is 14.2 Å². The summed E-state index contributed by atoms with van der Waals surface area (Å²) in [4.78, 5) is 30.5. The van der Waals surface area contributed by atoms with Crippen molar-refractivity contribution < 1.29 is 23.8 Å². The fraction of sp³-hybridized carbons (Fsp3) is 0.353. The number of H-pyrrole nitrogens is 1. The Kier molecular flexibility index (Phi) is 7.34. The molecule has 0 atom stereocenters. The van der Waals surface area contributed by atoms with Gasteiger partial charge >= 0.3 is 5.97 Å². The van der Waals surface area contributed by atoms with Gasteiger partial charge in [0.15, 0.2) is 10.9 Å². The monoisotopic (exact) mass is 379 g/mol. The lowest BCUT2D eigenvalue weighted by molar-refractivity contribution is -0.118. The summed E-state index contributed by atoms with van der Waals surface area (Å²) in [5, 5.41) is 3.29. The Hall–Kier alpha value is -2.68. The number of aromatic amines is 1. The summed E-state index contributed by atoms with van der Waals surface area (Å²) < 4.78 is 15.3. The number of thioether (sulfide) groups is 1. The second-order valence-electron chi connectivity index (χ2n) is 5.05. The third kappa shape index (κ3) is 5.41. The second kappa shape index (κ2) is 9.71. The number of esters is 1. The van der Waals surface area contributed by atoms with Crippen LogP contribution < -0.4 is 14.8 Å². The van der Waals surface area contributed by atoms with Crippen LogP contribution in [0.3, 0.4) is 0 Å². The minimum atomic E-state index is -0.494. The van der Waals surface area contributed by atoms with E-state index in [1.807, 2.05) is 6.07 Å². The van der Waals surface area contributed by atoms with Crippen molar-refractivity contribution in [3.8, 4) is 11.5 Å². The Balaban J connectivity index is 1.83. The van der Waals surface area contributed by atoms with Crippen LogP contribution in [0.1, 0.15) is 23.0 Å². The molecule has 0 aliphatic heterocycles. The van der Waals surface area contributed by atoms with Gasteiger partial charge in [0.25, 0.3) is 0 Å². The molecule has 0 saturated carbocycles. The molecule has 2 N–H and O–H groups in total. The van der Waals surface area contributed by atoms with Gasteiger partial charge in [-0.3, -0.25) is 4.79 Å². The van der Waals surface area contributed by atoms with E-state index in [1.165, 1.54) is 18.0 Å². The Labute approximate surface area is 155 Å².